The van der Waals surface area contributed by atoms with Crippen molar-refractivity contribution in [3.63, 3.8) is 0 Å². The van der Waals surface area contributed by atoms with Crippen LogP contribution in [0.25, 0.3) is 0 Å². The Morgan fingerprint density at radius 2 is 1.60 bits per heavy atom. The van der Waals surface area contributed by atoms with E-state index in [9.17, 15) is 4.79 Å². The summed E-state index contributed by atoms with van der Waals surface area (Å²) in [5.41, 5.74) is 0. The molecular formula is C3H8KO. The second-order valence-electron chi connectivity index (χ2n) is 0.908. The summed E-state index contributed by atoms with van der Waals surface area (Å²) in [5.74, 6) is 0.167. The van der Waals surface area contributed by atoms with Gasteiger partial charge in [-0.2, -0.15) is 0 Å². The number of carbonyl (C=O) groups is 1. The molecule has 0 aliphatic heterocycles. The van der Waals surface area contributed by atoms with Crippen molar-refractivity contribution >= 4 is 57.2 Å². The van der Waals surface area contributed by atoms with E-state index in [4.69, 9.17) is 0 Å². The van der Waals surface area contributed by atoms with Crippen LogP contribution in [0.3, 0.4) is 0 Å². The molecule has 0 bridgehead atoms. The van der Waals surface area contributed by atoms with Crippen molar-refractivity contribution in [2.75, 3.05) is 0 Å². The van der Waals surface area contributed by atoms with E-state index in [-0.39, 0.29) is 58.6 Å². The molecule has 0 amide bonds. The van der Waals surface area contributed by atoms with Crippen molar-refractivity contribution < 1.29 is 6.22 Å². The molecule has 0 rings (SSSR count). The van der Waals surface area contributed by atoms with Crippen LogP contribution in [0.4, 0.5) is 0 Å². The van der Waals surface area contributed by atoms with Gasteiger partial charge in [0.2, 0.25) is 0 Å². The van der Waals surface area contributed by atoms with Crippen molar-refractivity contribution in [2.45, 2.75) is 13.8 Å². The van der Waals surface area contributed by atoms with Gasteiger partial charge in [-0.05, 0) is 13.8 Å². The van der Waals surface area contributed by atoms with Gasteiger partial charge >= 0.3 is 51.4 Å². The van der Waals surface area contributed by atoms with E-state index in [0.717, 1.165) is 0 Å². The number of ketones is 1. The number of hydrogen-bond donors (Lipinski definition) is 0. The summed E-state index contributed by atoms with van der Waals surface area (Å²) in [6, 6.07) is 0. The van der Waals surface area contributed by atoms with Crippen LogP contribution in [0.1, 0.15) is 15.3 Å². The van der Waals surface area contributed by atoms with E-state index < -0.39 is 0 Å². The van der Waals surface area contributed by atoms with E-state index in [1.807, 2.05) is 0 Å². The third kappa shape index (κ3) is 34.0. The molecule has 1 nitrogen and oxygen atoms in total. The minimum absolute atomic E-state index is 0. The van der Waals surface area contributed by atoms with Crippen LogP contribution in [0, 0.1) is 0 Å². The zero-order valence-electron chi connectivity index (χ0n) is 3.91. The Morgan fingerprint density at radius 3 is 1.60 bits per heavy atom. The summed E-state index contributed by atoms with van der Waals surface area (Å²) in [6.45, 7) is 3.06. The first-order valence-electron chi connectivity index (χ1n) is 1.20. The minimum atomic E-state index is 0. The van der Waals surface area contributed by atoms with Gasteiger partial charge in [-0.25, -0.2) is 0 Å². The first-order valence-corrected chi connectivity index (χ1v) is 1.20. The van der Waals surface area contributed by atoms with Gasteiger partial charge in [-0.3, -0.25) is 0 Å². The van der Waals surface area contributed by atoms with Crippen molar-refractivity contribution in [2.24, 2.45) is 0 Å². The molecule has 0 aromatic rings. The zero-order valence-corrected chi connectivity index (χ0v) is 2.91. The van der Waals surface area contributed by atoms with E-state index in [0.29, 0.717) is 0 Å². The standard InChI is InChI=1S/C3H6O.K.2H/c1-3(2)4;;;/h1-2H3;;;. The predicted octanol–water partition coefficient (Wildman–Crippen LogP) is 0.0593. The SMILES string of the molecule is CC(C)=O.[H].[KH]. The molecule has 0 saturated heterocycles. The maximum absolute atomic E-state index is 9.44. The average Bonchev–Trinajstić information content (AvgIpc) is 0.811. The van der Waals surface area contributed by atoms with Crippen LogP contribution in [-0.2, 0) is 4.79 Å². The van der Waals surface area contributed by atoms with Crippen molar-refractivity contribution in [1.82, 2.24) is 0 Å². The molecule has 0 aliphatic carbocycles. The molecule has 0 heterocycles. The molecule has 0 aromatic heterocycles. The van der Waals surface area contributed by atoms with E-state index in [1.165, 1.54) is 13.8 Å². The Bertz CT molecular complexity index is 33.8. The zero-order chi connectivity index (χ0) is 3.58. The second-order valence-corrected chi connectivity index (χ2v) is 0.908. The van der Waals surface area contributed by atoms with Crippen LogP contribution in [0.5, 0.6) is 0 Å². The van der Waals surface area contributed by atoms with Gasteiger partial charge in [-0.15, -0.1) is 0 Å². The van der Waals surface area contributed by atoms with Gasteiger partial charge in [0.1, 0.15) is 5.78 Å². The van der Waals surface area contributed by atoms with E-state index in [2.05, 4.69) is 0 Å². The monoisotopic (exact) mass is 99.0 g/mol. The van der Waals surface area contributed by atoms with Crippen LogP contribution in [-0.4, -0.2) is 57.2 Å². The summed E-state index contributed by atoms with van der Waals surface area (Å²) in [6.07, 6.45) is 0. The first kappa shape index (κ1) is 9.58. The Labute approximate surface area is 76.0 Å². The van der Waals surface area contributed by atoms with Gasteiger partial charge in [-0.1, -0.05) is 0 Å². The Hall–Kier alpha value is 1.31. The fraction of sp³-hybridized carbons (Fsp3) is 0.667. The third-order valence-electron chi connectivity index (χ3n) is 0. The summed E-state index contributed by atoms with van der Waals surface area (Å²) >= 11 is 0. The van der Waals surface area contributed by atoms with Crippen LogP contribution < -0.4 is 0 Å². The fourth-order valence-corrected chi connectivity index (χ4v) is 0. The summed E-state index contributed by atoms with van der Waals surface area (Å²) < 4.78 is 0. The third-order valence-corrected chi connectivity index (χ3v) is 0. The van der Waals surface area contributed by atoms with Gasteiger partial charge in [0.05, 0.1) is 0 Å². The van der Waals surface area contributed by atoms with Crippen LogP contribution in [0.15, 0.2) is 0 Å². The quantitative estimate of drug-likeness (QED) is 0.392. The van der Waals surface area contributed by atoms with Crippen LogP contribution in [0.2, 0.25) is 0 Å². The van der Waals surface area contributed by atoms with Crippen LogP contribution >= 0.6 is 0 Å². The molecule has 0 aliphatic rings. The predicted molar refractivity (Wildman–Crippen MR) is 24.6 cm³/mol. The summed E-state index contributed by atoms with van der Waals surface area (Å²) in [5, 5.41) is 0. The Balaban J connectivity index is -0.0000000450. The molecule has 5 heavy (non-hydrogen) atoms. The van der Waals surface area contributed by atoms with Gasteiger partial charge in [0.25, 0.3) is 0 Å². The molecule has 2 heteroatoms. The van der Waals surface area contributed by atoms with Crippen molar-refractivity contribution in [3.05, 3.63) is 0 Å². The number of Topliss-reactive ketones (excluding diaryl/α,β-unsaturated/α-hetero) is 1. The molecule has 0 aromatic carbocycles. The molecular weight excluding hydrogens is 91.1 g/mol. The summed E-state index contributed by atoms with van der Waals surface area (Å²) in [4.78, 5) is 9.44. The number of carbonyl (C=O) groups excluding carboxylic acids is 1. The molecule has 27 valence electrons. The average molecular weight is 99.2 g/mol. The molecule has 1 radical (unpaired) electrons. The topological polar surface area (TPSA) is 17.1 Å². The Kier molecular flexibility index (Phi) is 10.2. The second kappa shape index (κ2) is 5.31. The Morgan fingerprint density at radius 1 is 1.60 bits per heavy atom. The molecule has 0 N–H and O–H groups in total. The van der Waals surface area contributed by atoms with Crippen molar-refractivity contribution in [3.8, 4) is 0 Å². The molecule has 0 spiro atoms. The fourth-order valence-electron chi connectivity index (χ4n) is 0. The van der Waals surface area contributed by atoms with E-state index in [1.54, 1.807) is 0 Å². The molecule has 0 unspecified atom stereocenters. The van der Waals surface area contributed by atoms with Gasteiger partial charge < -0.3 is 4.79 Å². The normalized spacial score (nSPS) is 5.20. The van der Waals surface area contributed by atoms with E-state index >= 15 is 0 Å². The van der Waals surface area contributed by atoms with Gasteiger partial charge in [0, 0.05) is 1.43 Å². The molecule has 0 fully saturated rings. The molecule has 0 saturated carbocycles. The van der Waals surface area contributed by atoms with Crippen molar-refractivity contribution in [1.29, 1.82) is 0 Å². The maximum atomic E-state index is 9.44. The number of rotatable bonds is 0. The molecule has 0 atom stereocenters. The number of hydrogen-bond acceptors (Lipinski definition) is 1. The first-order chi connectivity index (χ1) is 1.73. The summed E-state index contributed by atoms with van der Waals surface area (Å²) in [7, 11) is 0. The van der Waals surface area contributed by atoms with Gasteiger partial charge in [0.15, 0.2) is 0 Å².